The van der Waals surface area contributed by atoms with Gasteiger partial charge in [0, 0.05) is 11.3 Å². The first-order valence-corrected chi connectivity index (χ1v) is 9.37. The number of fused-ring (bicyclic) bond motifs is 1. The normalized spacial score (nSPS) is 15.4. The summed E-state index contributed by atoms with van der Waals surface area (Å²) in [5, 5.41) is 10.2. The average Bonchev–Trinajstić information content (AvgIpc) is 3.14. The first-order chi connectivity index (χ1) is 14.0. The van der Waals surface area contributed by atoms with E-state index in [1.165, 1.54) is 0 Å². The number of nitrogens with one attached hydrogen (secondary N) is 2. The van der Waals surface area contributed by atoms with Crippen LogP contribution in [0.3, 0.4) is 0 Å². The molecule has 0 spiro atoms. The molecule has 2 amide bonds. The van der Waals surface area contributed by atoms with Gasteiger partial charge in [-0.1, -0.05) is 24.3 Å². The quantitative estimate of drug-likeness (QED) is 0.711. The van der Waals surface area contributed by atoms with Gasteiger partial charge in [0.15, 0.2) is 0 Å². The van der Waals surface area contributed by atoms with Crippen molar-refractivity contribution in [3.8, 4) is 16.9 Å². The van der Waals surface area contributed by atoms with Crippen LogP contribution in [0.2, 0.25) is 0 Å². The second-order valence-electron chi connectivity index (χ2n) is 7.08. The standard InChI is InChI=1S/C22H22N4O3/c1-13-5-4-6-18(14(13)2)24-22(28)19-11-20(27)25-21-17(12-23-26(19)21)15-7-9-16(29-3)10-8-15/h4-10,12,19H,11H2,1-3H3,(H,24,28)(H,25,27)/t19-/m1/s1. The number of hydrogen-bond acceptors (Lipinski definition) is 4. The maximum absolute atomic E-state index is 13.0. The lowest BCUT2D eigenvalue weighted by Crippen LogP contribution is -2.36. The van der Waals surface area contributed by atoms with Gasteiger partial charge in [0.2, 0.25) is 11.8 Å². The number of nitrogens with zero attached hydrogens (tertiary/aromatic N) is 2. The van der Waals surface area contributed by atoms with Crippen molar-refractivity contribution in [2.75, 3.05) is 17.7 Å². The Kier molecular flexibility index (Phi) is 4.80. The second-order valence-corrected chi connectivity index (χ2v) is 7.08. The number of aromatic nitrogens is 2. The zero-order valence-corrected chi connectivity index (χ0v) is 16.5. The van der Waals surface area contributed by atoms with E-state index in [9.17, 15) is 9.59 Å². The summed E-state index contributed by atoms with van der Waals surface area (Å²) in [4.78, 5) is 25.3. The number of anilines is 2. The summed E-state index contributed by atoms with van der Waals surface area (Å²) >= 11 is 0. The summed E-state index contributed by atoms with van der Waals surface area (Å²) in [7, 11) is 1.61. The van der Waals surface area contributed by atoms with Crippen molar-refractivity contribution in [2.45, 2.75) is 26.3 Å². The maximum Gasteiger partial charge on any atom is 0.249 e. The van der Waals surface area contributed by atoms with Crippen LogP contribution in [0.4, 0.5) is 11.5 Å². The molecule has 3 aromatic rings. The highest BCUT2D eigenvalue weighted by Gasteiger charge is 2.33. The average molecular weight is 390 g/mol. The van der Waals surface area contributed by atoms with E-state index in [-0.39, 0.29) is 18.2 Å². The molecule has 0 aliphatic carbocycles. The Morgan fingerprint density at radius 1 is 1.21 bits per heavy atom. The van der Waals surface area contributed by atoms with Crippen LogP contribution in [-0.4, -0.2) is 28.7 Å². The van der Waals surface area contributed by atoms with Gasteiger partial charge in [0.1, 0.15) is 17.6 Å². The van der Waals surface area contributed by atoms with Gasteiger partial charge in [-0.2, -0.15) is 5.10 Å². The summed E-state index contributed by atoms with van der Waals surface area (Å²) in [6.07, 6.45) is 1.70. The van der Waals surface area contributed by atoms with Crippen molar-refractivity contribution in [2.24, 2.45) is 0 Å². The Morgan fingerprint density at radius 2 is 1.97 bits per heavy atom. The highest BCUT2D eigenvalue weighted by atomic mass is 16.5. The molecule has 0 bridgehead atoms. The number of benzene rings is 2. The van der Waals surface area contributed by atoms with Crippen LogP contribution in [0.25, 0.3) is 11.1 Å². The zero-order chi connectivity index (χ0) is 20.5. The van der Waals surface area contributed by atoms with E-state index in [4.69, 9.17) is 4.74 Å². The minimum atomic E-state index is -0.717. The molecule has 2 N–H and O–H groups in total. The molecule has 148 valence electrons. The third-order valence-corrected chi connectivity index (χ3v) is 5.29. The Hall–Kier alpha value is -3.61. The summed E-state index contributed by atoms with van der Waals surface area (Å²) in [6, 6.07) is 12.5. The molecule has 7 heteroatoms. The number of amides is 2. The molecule has 4 rings (SSSR count). The van der Waals surface area contributed by atoms with Gasteiger partial charge in [0.05, 0.1) is 19.7 Å². The van der Waals surface area contributed by atoms with Gasteiger partial charge < -0.3 is 15.4 Å². The van der Waals surface area contributed by atoms with Crippen molar-refractivity contribution >= 4 is 23.3 Å². The molecule has 1 aliphatic heterocycles. The van der Waals surface area contributed by atoms with E-state index >= 15 is 0 Å². The summed E-state index contributed by atoms with van der Waals surface area (Å²) < 4.78 is 6.78. The molecule has 29 heavy (non-hydrogen) atoms. The lowest BCUT2D eigenvalue weighted by molar-refractivity contribution is -0.125. The minimum Gasteiger partial charge on any atom is -0.497 e. The first kappa shape index (κ1) is 18.7. The van der Waals surface area contributed by atoms with Gasteiger partial charge in [-0.3, -0.25) is 9.59 Å². The van der Waals surface area contributed by atoms with Crippen LogP contribution >= 0.6 is 0 Å². The lowest BCUT2D eigenvalue weighted by atomic mass is 10.1. The number of methoxy groups -OCH3 is 1. The number of aryl methyl sites for hydroxylation is 1. The SMILES string of the molecule is COc1ccc(-c2cnn3c2NC(=O)C[C@@H]3C(=O)Nc2cccc(C)c2C)cc1. The van der Waals surface area contributed by atoms with Gasteiger partial charge in [-0.15, -0.1) is 0 Å². The Bertz CT molecular complexity index is 1090. The molecule has 1 atom stereocenters. The molecule has 2 heterocycles. The molecular weight excluding hydrogens is 368 g/mol. The van der Waals surface area contributed by atoms with Crippen LogP contribution in [0.5, 0.6) is 5.75 Å². The molecular formula is C22H22N4O3. The zero-order valence-electron chi connectivity index (χ0n) is 16.5. The predicted molar refractivity (Wildman–Crippen MR) is 111 cm³/mol. The Morgan fingerprint density at radius 3 is 2.69 bits per heavy atom. The summed E-state index contributed by atoms with van der Waals surface area (Å²) in [5.74, 6) is 0.783. The predicted octanol–water partition coefficient (Wildman–Crippen LogP) is 3.70. The Balaban J connectivity index is 1.66. The molecule has 2 aromatic carbocycles. The first-order valence-electron chi connectivity index (χ1n) is 9.37. The molecule has 0 saturated carbocycles. The van der Waals surface area contributed by atoms with E-state index in [1.54, 1.807) is 18.0 Å². The topological polar surface area (TPSA) is 85.2 Å². The molecule has 0 unspecified atom stereocenters. The molecule has 0 saturated heterocycles. The smallest absolute Gasteiger partial charge is 0.249 e. The highest BCUT2D eigenvalue weighted by molar-refractivity contribution is 6.03. The van der Waals surface area contributed by atoms with E-state index in [1.807, 2.05) is 56.3 Å². The van der Waals surface area contributed by atoms with Crippen LogP contribution in [-0.2, 0) is 9.59 Å². The van der Waals surface area contributed by atoms with Crippen LogP contribution in [0.15, 0.2) is 48.7 Å². The Labute approximate surface area is 168 Å². The summed E-state index contributed by atoms with van der Waals surface area (Å²) in [6.45, 7) is 3.95. The second kappa shape index (κ2) is 7.43. The fourth-order valence-electron chi connectivity index (χ4n) is 3.46. The monoisotopic (exact) mass is 390 g/mol. The van der Waals surface area contributed by atoms with Crippen LogP contribution in [0.1, 0.15) is 23.6 Å². The van der Waals surface area contributed by atoms with E-state index in [0.29, 0.717) is 5.82 Å². The van der Waals surface area contributed by atoms with E-state index in [2.05, 4.69) is 15.7 Å². The maximum atomic E-state index is 13.0. The molecule has 0 fully saturated rings. The largest absolute Gasteiger partial charge is 0.497 e. The van der Waals surface area contributed by atoms with Gasteiger partial charge in [0.25, 0.3) is 0 Å². The number of ether oxygens (including phenoxy) is 1. The van der Waals surface area contributed by atoms with Crippen LogP contribution in [0, 0.1) is 13.8 Å². The molecule has 1 aromatic heterocycles. The highest BCUT2D eigenvalue weighted by Crippen LogP contribution is 2.35. The number of carbonyl (C=O) groups is 2. The van der Waals surface area contributed by atoms with Gasteiger partial charge >= 0.3 is 0 Å². The van der Waals surface area contributed by atoms with E-state index < -0.39 is 6.04 Å². The van der Waals surface area contributed by atoms with Crippen LogP contribution < -0.4 is 15.4 Å². The third kappa shape index (κ3) is 3.47. The lowest BCUT2D eigenvalue weighted by Gasteiger charge is -2.25. The number of rotatable bonds is 4. The van der Waals surface area contributed by atoms with Crippen molar-refractivity contribution in [3.63, 3.8) is 0 Å². The fourth-order valence-corrected chi connectivity index (χ4v) is 3.46. The third-order valence-electron chi connectivity index (χ3n) is 5.29. The number of hydrogen-bond donors (Lipinski definition) is 2. The van der Waals surface area contributed by atoms with Gasteiger partial charge in [-0.25, -0.2) is 4.68 Å². The molecule has 0 radical (unpaired) electrons. The molecule has 7 nitrogen and oxygen atoms in total. The summed E-state index contributed by atoms with van der Waals surface area (Å²) in [5.41, 5.74) is 4.46. The molecule has 1 aliphatic rings. The van der Waals surface area contributed by atoms with Crippen molar-refractivity contribution in [1.29, 1.82) is 0 Å². The van der Waals surface area contributed by atoms with Crippen molar-refractivity contribution < 1.29 is 14.3 Å². The van der Waals surface area contributed by atoms with Gasteiger partial charge in [-0.05, 0) is 48.7 Å². The minimum absolute atomic E-state index is 0.0351. The van der Waals surface area contributed by atoms with Crippen molar-refractivity contribution in [1.82, 2.24) is 9.78 Å². The fraction of sp³-hybridized carbons (Fsp3) is 0.227. The van der Waals surface area contributed by atoms with E-state index in [0.717, 1.165) is 33.7 Å². The number of carbonyl (C=O) groups excluding carboxylic acids is 2. The van der Waals surface area contributed by atoms with Crippen molar-refractivity contribution in [3.05, 3.63) is 59.8 Å².